The third-order valence-electron chi connectivity index (χ3n) is 4.71. The highest BCUT2D eigenvalue weighted by molar-refractivity contribution is 6.30. The maximum Gasteiger partial charge on any atom is 0.257 e. The molecule has 156 valence electrons. The van der Waals surface area contributed by atoms with Crippen LogP contribution in [-0.4, -0.2) is 29.7 Å². The monoisotopic (exact) mass is 427 g/mol. The number of carbonyl (C=O) groups excluding carboxylic acids is 1. The second kappa shape index (κ2) is 9.00. The quantitative estimate of drug-likeness (QED) is 0.646. The van der Waals surface area contributed by atoms with E-state index in [-0.39, 0.29) is 12.1 Å². The molecule has 3 rings (SSSR count). The molecule has 0 unspecified atom stereocenters. The van der Waals surface area contributed by atoms with Gasteiger partial charge < -0.3 is 14.8 Å². The molecule has 0 aliphatic carbocycles. The molecule has 0 aliphatic heterocycles. The van der Waals surface area contributed by atoms with Crippen molar-refractivity contribution in [3.63, 3.8) is 0 Å². The van der Waals surface area contributed by atoms with E-state index in [0.29, 0.717) is 44.9 Å². The highest BCUT2D eigenvalue weighted by Gasteiger charge is 2.17. The third kappa shape index (κ3) is 4.46. The van der Waals surface area contributed by atoms with Crippen LogP contribution in [0.5, 0.6) is 11.5 Å². The van der Waals surface area contributed by atoms with Gasteiger partial charge in [-0.2, -0.15) is 0 Å². The zero-order valence-corrected chi connectivity index (χ0v) is 17.9. The van der Waals surface area contributed by atoms with Crippen LogP contribution >= 0.6 is 11.6 Å². The van der Waals surface area contributed by atoms with Gasteiger partial charge in [-0.3, -0.25) is 14.2 Å². The Morgan fingerprint density at radius 2 is 1.90 bits per heavy atom. The first-order valence-electron chi connectivity index (χ1n) is 9.20. The molecule has 1 amide bonds. The number of amides is 1. The maximum absolute atomic E-state index is 12.9. The number of aryl methyl sites for hydroxylation is 1. The molecule has 1 heterocycles. The summed E-state index contributed by atoms with van der Waals surface area (Å²) < 4.78 is 11.8. The fraction of sp³-hybridized carbons (Fsp3) is 0.227. The molecule has 0 atom stereocenters. The number of carbonyl (C=O) groups is 1. The molecule has 0 saturated carbocycles. The van der Waals surface area contributed by atoms with Crippen molar-refractivity contribution in [3.05, 3.63) is 69.1 Å². The molecular weight excluding hydrogens is 406 g/mol. The largest absolute Gasteiger partial charge is 0.497 e. The van der Waals surface area contributed by atoms with Crippen molar-refractivity contribution in [2.75, 3.05) is 19.5 Å². The molecule has 0 spiro atoms. The zero-order valence-electron chi connectivity index (χ0n) is 17.2. The molecule has 3 aromatic rings. The average molecular weight is 428 g/mol. The normalized spacial score (nSPS) is 10.6. The van der Waals surface area contributed by atoms with Crippen LogP contribution in [0.15, 0.2) is 47.3 Å². The van der Waals surface area contributed by atoms with E-state index >= 15 is 0 Å². The fourth-order valence-electron chi connectivity index (χ4n) is 2.99. The second-order valence-electron chi connectivity index (χ2n) is 6.66. The van der Waals surface area contributed by atoms with Crippen molar-refractivity contribution in [1.29, 1.82) is 0 Å². The molecule has 0 saturated heterocycles. The minimum Gasteiger partial charge on any atom is -0.497 e. The Bertz CT molecular complexity index is 1160. The summed E-state index contributed by atoms with van der Waals surface area (Å²) in [7, 11) is 3.04. The van der Waals surface area contributed by atoms with Crippen molar-refractivity contribution in [2.24, 2.45) is 0 Å². The summed E-state index contributed by atoms with van der Waals surface area (Å²) in [5, 5.41) is 3.29. The molecule has 0 aliphatic rings. The average Bonchev–Trinajstić information content (AvgIpc) is 2.74. The lowest BCUT2D eigenvalue weighted by molar-refractivity contribution is -0.116. The topological polar surface area (TPSA) is 82.5 Å². The summed E-state index contributed by atoms with van der Waals surface area (Å²) >= 11 is 6.11. The van der Waals surface area contributed by atoms with Gasteiger partial charge in [0.1, 0.15) is 23.9 Å². The molecule has 2 aromatic carbocycles. The first kappa shape index (κ1) is 21.4. The molecule has 30 heavy (non-hydrogen) atoms. The van der Waals surface area contributed by atoms with Crippen molar-refractivity contribution < 1.29 is 14.3 Å². The van der Waals surface area contributed by atoms with Gasteiger partial charge in [-0.1, -0.05) is 23.7 Å². The van der Waals surface area contributed by atoms with Crippen LogP contribution in [0.4, 0.5) is 5.69 Å². The molecule has 7 nitrogen and oxygen atoms in total. The highest BCUT2D eigenvalue weighted by atomic mass is 35.5. The summed E-state index contributed by atoms with van der Waals surface area (Å²) in [6.45, 7) is 3.23. The van der Waals surface area contributed by atoms with E-state index in [4.69, 9.17) is 21.1 Å². The lowest BCUT2D eigenvalue weighted by atomic mass is 10.1. The summed E-state index contributed by atoms with van der Waals surface area (Å²) in [4.78, 5) is 30.3. The van der Waals surface area contributed by atoms with Gasteiger partial charge in [0.25, 0.3) is 5.56 Å². The second-order valence-corrected chi connectivity index (χ2v) is 7.10. The molecule has 1 N–H and O–H groups in total. The number of anilines is 1. The van der Waals surface area contributed by atoms with Crippen LogP contribution in [0, 0.1) is 13.8 Å². The summed E-state index contributed by atoms with van der Waals surface area (Å²) in [6, 6.07) is 12.1. The standard InChI is InChI=1S/C22H22ClN3O4/c1-13-14(2)24-21(15-6-5-7-16(23)10-15)26(22(13)28)12-20(27)25-18-9-8-17(29-3)11-19(18)30-4/h5-11H,12H2,1-4H3,(H,25,27). The van der Waals surface area contributed by atoms with Crippen LogP contribution in [0.2, 0.25) is 5.02 Å². The van der Waals surface area contributed by atoms with Gasteiger partial charge in [0.2, 0.25) is 5.91 Å². The Hall–Kier alpha value is -3.32. The Kier molecular flexibility index (Phi) is 6.42. The Morgan fingerprint density at radius 1 is 1.13 bits per heavy atom. The number of ether oxygens (including phenoxy) is 2. The molecule has 0 bridgehead atoms. The van der Waals surface area contributed by atoms with Gasteiger partial charge in [0, 0.05) is 27.9 Å². The number of rotatable bonds is 6. The Balaban J connectivity index is 1.97. The SMILES string of the molecule is COc1ccc(NC(=O)Cn2c(-c3cccc(Cl)c3)nc(C)c(C)c2=O)c(OC)c1. The number of halogens is 1. The number of aromatic nitrogens is 2. The van der Waals surface area contributed by atoms with Crippen molar-refractivity contribution in [2.45, 2.75) is 20.4 Å². The van der Waals surface area contributed by atoms with Crippen LogP contribution in [0.25, 0.3) is 11.4 Å². The first-order chi connectivity index (χ1) is 14.3. The van der Waals surface area contributed by atoms with Gasteiger partial charge in [-0.15, -0.1) is 0 Å². The van der Waals surface area contributed by atoms with E-state index < -0.39 is 5.91 Å². The summed E-state index contributed by atoms with van der Waals surface area (Å²) in [5.41, 5.74) is 1.92. The number of hydrogen-bond donors (Lipinski definition) is 1. The molecule has 0 radical (unpaired) electrons. The Morgan fingerprint density at radius 3 is 2.57 bits per heavy atom. The van der Waals surface area contributed by atoms with Crippen LogP contribution in [0.3, 0.4) is 0 Å². The molecule has 1 aromatic heterocycles. The van der Waals surface area contributed by atoms with Gasteiger partial charge in [0.15, 0.2) is 0 Å². The van der Waals surface area contributed by atoms with Crippen molar-refractivity contribution >= 4 is 23.2 Å². The number of benzene rings is 2. The van der Waals surface area contributed by atoms with Crippen molar-refractivity contribution in [3.8, 4) is 22.9 Å². The fourth-order valence-corrected chi connectivity index (χ4v) is 3.18. The minimum atomic E-state index is -0.395. The zero-order chi connectivity index (χ0) is 21.8. The van der Waals surface area contributed by atoms with E-state index in [1.165, 1.54) is 11.7 Å². The summed E-state index contributed by atoms with van der Waals surface area (Å²) in [6.07, 6.45) is 0. The maximum atomic E-state index is 12.9. The summed E-state index contributed by atoms with van der Waals surface area (Å²) in [5.74, 6) is 1.03. The predicted molar refractivity (Wildman–Crippen MR) is 117 cm³/mol. The van der Waals surface area contributed by atoms with Crippen molar-refractivity contribution in [1.82, 2.24) is 9.55 Å². The number of nitrogens with one attached hydrogen (secondary N) is 1. The van der Waals surface area contributed by atoms with Gasteiger partial charge in [-0.25, -0.2) is 4.98 Å². The third-order valence-corrected chi connectivity index (χ3v) is 4.94. The minimum absolute atomic E-state index is 0.218. The van der Waals surface area contributed by atoms with E-state index in [0.717, 1.165) is 0 Å². The van der Waals surface area contributed by atoms with Crippen LogP contribution < -0.4 is 20.3 Å². The van der Waals surface area contributed by atoms with Crippen LogP contribution in [0.1, 0.15) is 11.3 Å². The van der Waals surface area contributed by atoms with E-state index in [2.05, 4.69) is 10.3 Å². The lowest BCUT2D eigenvalue weighted by Crippen LogP contribution is -2.31. The molecule has 0 fully saturated rings. The van der Waals surface area contributed by atoms with Gasteiger partial charge >= 0.3 is 0 Å². The van der Waals surface area contributed by atoms with Gasteiger partial charge in [-0.05, 0) is 38.1 Å². The number of nitrogens with zero attached hydrogens (tertiary/aromatic N) is 2. The first-order valence-corrected chi connectivity index (χ1v) is 9.57. The van der Waals surface area contributed by atoms with Crippen LogP contribution in [-0.2, 0) is 11.3 Å². The van der Waals surface area contributed by atoms with Gasteiger partial charge in [0.05, 0.1) is 19.9 Å². The van der Waals surface area contributed by atoms with E-state index in [1.54, 1.807) is 63.4 Å². The van der Waals surface area contributed by atoms with E-state index in [1.807, 2.05) is 0 Å². The molecule has 8 heteroatoms. The number of methoxy groups -OCH3 is 2. The number of hydrogen-bond acceptors (Lipinski definition) is 5. The van der Waals surface area contributed by atoms with E-state index in [9.17, 15) is 9.59 Å². The molecular formula is C22H22ClN3O4. The lowest BCUT2D eigenvalue weighted by Gasteiger charge is -2.16. The smallest absolute Gasteiger partial charge is 0.257 e. The highest BCUT2D eigenvalue weighted by Crippen LogP contribution is 2.29. The Labute approximate surface area is 179 Å². The predicted octanol–water partition coefficient (Wildman–Crippen LogP) is 3.84.